The summed E-state index contributed by atoms with van der Waals surface area (Å²) >= 11 is 3.53. The third-order valence-electron chi connectivity index (χ3n) is 2.86. The molecule has 1 aromatic carbocycles. The first-order chi connectivity index (χ1) is 8.58. The van der Waals surface area contributed by atoms with Crippen molar-refractivity contribution in [2.45, 2.75) is 26.3 Å². The second-order valence-corrected chi connectivity index (χ2v) is 5.24. The third-order valence-corrected chi connectivity index (χ3v) is 3.64. The highest BCUT2D eigenvalue weighted by atomic mass is 79.9. The Balaban J connectivity index is 2.26. The molecule has 0 saturated heterocycles. The van der Waals surface area contributed by atoms with Crippen molar-refractivity contribution >= 4 is 15.9 Å². The molecule has 0 spiro atoms. The average Bonchev–Trinajstić information content (AvgIpc) is 2.32. The van der Waals surface area contributed by atoms with Gasteiger partial charge in [0.2, 0.25) is 0 Å². The van der Waals surface area contributed by atoms with E-state index in [2.05, 4.69) is 32.0 Å². The average molecular weight is 306 g/mol. The minimum atomic E-state index is -0.0255. The zero-order valence-electron chi connectivity index (χ0n) is 10.5. The lowest BCUT2D eigenvalue weighted by Gasteiger charge is -2.10. The van der Waals surface area contributed by atoms with Gasteiger partial charge >= 0.3 is 0 Å². The number of nitrogens with zero attached hydrogens (tertiary/aromatic N) is 2. The molecule has 1 aromatic heterocycles. The normalized spacial score (nSPS) is 12.4. The Kier molecular flexibility index (Phi) is 4.09. The first-order valence-corrected chi connectivity index (χ1v) is 6.68. The molecule has 0 amide bonds. The summed E-state index contributed by atoms with van der Waals surface area (Å²) in [7, 11) is 0. The van der Waals surface area contributed by atoms with Gasteiger partial charge in [-0.1, -0.05) is 34.1 Å². The summed E-state index contributed by atoms with van der Waals surface area (Å²) in [5.74, 6) is 0.823. The van der Waals surface area contributed by atoms with Gasteiger partial charge in [-0.25, -0.2) is 9.97 Å². The molecular formula is C14H16BrN3. The van der Waals surface area contributed by atoms with E-state index in [1.54, 1.807) is 0 Å². The van der Waals surface area contributed by atoms with Gasteiger partial charge in [-0.2, -0.15) is 0 Å². The van der Waals surface area contributed by atoms with E-state index in [4.69, 9.17) is 5.73 Å². The molecule has 1 atom stereocenters. The zero-order chi connectivity index (χ0) is 13.1. The van der Waals surface area contributed by atoms with Crippen LogP contribution in [0.15, 0.2) is 34.9 Å². The number of aromatic nitrogens is 2. The number of rotatable bonds is 3. The maximum atomic E-state index is 5.85. The van der Waals surface area contributed by atoms with Crippen LogP contribution in [0.3, 0.4) is 0 Å². The van der Waals surface area contributed by atoms with Crippen molar-refractivity contribution < 1.29 is 0 Å². The highest BCUT2D eigenvalue weighted by Crippen LogP contribution is 2.19. The SMILES string of the molecule is Cc1nc(Cc2ccccc2Br)ncc1[C@H](C)N. The summed E-state index contributed by atoms with van der Waals surface area (Å²) in [6, 6.07) is 8.09. The largest absolute Gasteiger partial charge is 0.324 e. The molecule has 0 unspecified atom stereocenters. The van der Waals surface area contributed by atoms with Gasteiger partial charge in [0, 0.05) is 34.4 Å². The fourth-order valence-electron chi connectivity index (χ4n) is 1.87. The zero-order valence-corrected chi connectivity index (χ0v) is 12.1. The van der Waals surface area contributed by atoms with Crippen LogP contribution in [0.1, 0.15) is 35.6 Å². The predicted octanol–water partition coefficient (Wildman–Crippen LogP) is 3.16. The lowest BCUT2D eigenvalue weighted by molar-refractivity contribution is 0.776. The molecule has 94 valence electrons. The summed E-state index contributed by atoms with van der Waals surface area (Å²) in [5, 5.41) is 0. The van der Waals surface area contributed by atoms with E-state index in [-0.39, 0.29) is 6.04 Å². The van der Waals surface area contributed by atoms with E-state index in [1.807, 2.05) is 38.2 Å². The Labute approximate surface area is 116 Å². The molecule has 2 aromatic rings. The summed E-state index contributed by atoms with van der Waals surface area (Å²) in [5.41, 5.74) is 9.01. The Hall–Kier alpha value is -1.26. The van der Waals surface area contributed by atoms with Crippen molar-refractivity contribution in [3.63, 3.8) is 0 Å². The van der Waals surface area contributed by atoms with Gasteiger partial charge in [0.1, 0.15) is 5.82 Å². The van der Waals surface area contributed by atoms with Crippen LogP contribution in [0.25, 0.3) is 0 Å². The highest BCUT2D eigenvalue weighted by molar-refractivity contribution is 9.10. The topological polar surface area (TPSA) is 51.8 Å². The fourth-order valence-corrected chi connectivity index (χ4v) is 2.29. The van der Waals surface area contributed by atoms with Crippen molar-refractivity contribution in [1.29, 1.82) is 0 Å². The van der Waals surface area contributed by atoms with Crippen molar-refractivity contribution in [2.75, 3.05) is 0 Å². The number of benzene rings is 1. The van der Waals surface area contributed by atoms with E-state index >= 15 is 0 Å². The minimum absolute atomic E-state index is 0.0255. The van der Waals surface area contributed by atoms with Gasteiger partial charge in [0.25, 0.3) is 0 Å². The summed E-state index contributed by atoms with van der Waals surface area (Å²) in [4.78, 5) is 8.90. The van der Waals surface area contributed by atoms with Crippen LogP contribution in [0.4, 0.5) is 0 Å². The maximum Gasteiger partial charge on any atom is 0.132 e. The quantitative estimate of drug-likeness (QED) is 0.947. The summed E-state index contributed by atoms with van der Waals surface area (Å²) in [6.07, 6.45) is 2.56. The number of nitrogens with two attached hydrogens (primary N) is 1. The Bertz CT molecular complexity index is 552. The van der Waals surface area contributed by atoms with Crippen molar-refractivity contribution in [3.8, 4) is 0 Å². The van der Waals surface area contributed by atoms with Crippen LogP contribution in [0, 0.1) is 6.92 Å². The van der Waals surface area contributed by atoms with Crippen molar-refractivity contribution in [1.82, 2.24) is 9.97 Å². The molecule has 0 bridgehead atoms. The van der Waals surface area contributed by atoms with E-state index in [1.165, 1.54) is 5.56 Å². The predicted molar refractivity (Wildman–Crippen MR) is 76.3 cm³/mol. The fraction of sp³-hybridized carbons (Fsp3) is 0.286. The lowest BCUT2D eigenvalue weighted by Crippen LogP contribution is -2.10. The van der Waals surface area contributed by atoms with Crippen LogP contribution < -0.4 is 5.73 Å². The first kappa shape index (κ1) is 13.2. The number of halogens is 1. The molecule has 18 heavy (non-hydrogen) atoms. The van der Waals surface area contributed by atoms with Gasteiger partial charge in [-0.15, -0.1) is 0 Å². The molecule has 0 aliphatic carbocycles. The van der Waals surface area contributed by atoms with Gasteiger partial charge in [-0.05, 0) is 25.5 Å². The smallest absolute Gasteiger partial charge is 0.132 e. The monoisotopic (exact) mass is 305 g/mol. The van der Waals surface area contributed by atoms with E-state index in [0.29, 0.717) is 0 Å². The standard InChI is InChI=1S/C14H16BrN3/c1-9(16)12-8-17-14(18-10(12)2)7-11-5-3-4-6-13(11)15/h3-6,8-9H,7,16H2,1-2H3/t9-/m0/s1. The lowest BCUT2D eigenvalue weighted by atomic mass is 10.1. The molecule has 0 fully saturated rings. The van der Waals surface area contributed by atoms with Crippen LogP contribution in [0.5, 0.6) is 0 Å². The van der Waals surface area contributed by atoms with E-state index in [0.717, 1.165) is 28.0 Å². The molecule has 2 rings (SSSR count). The number of hydrogen-bond acceptors (Lipinski definition) is 3. The highest BCUT2D eigenvalue weighted by Gasteiger charge is 2.08. The third kappa shape index (κ3) is 2.94. The van der Waals surface area contributed by atoms with Gasteiger partial charge in [-0.3, -0.25) is 0 Å². The number of hydrogen-bond donors (Lipinski definition) is 1. The van der Waals surface area contributed by atoms with Crippen molar-refractivity contribution in [3.05, 3.63) is 57.6 Å². The molecular weight excluding hydrogens is 290 g/mol. The van der Waals surface area contributed by atoms with Gasteiger partial charge in [0.05, 0.1) is 0 Å². The van der Waals surface area contributed by atoms with Gasteiger partial charge < -0.3 is 5.73 Å². The van der Waals surface area contributed by atoms with Crippen LogP contribution in [-0.4, -0.2) is 9.97 Å². The number of aryl methyl sites for hydroxylation is 1. The molecule has 2 N–H and O–H groups in total. The Morgan fingerprint density at radius 3 is 2.67 bits per heavy atom. The van der Waals surface area contributed by atoms with E-state index < -0.39 is 0 Å². The van der Waals surface area contributed by atoms with E-state index in [9.17, 15) is 0 Å². The van der Waals surface area contributed by atoms with Crippen molar-refractivity contribution in [2.24, 2.45) is 5.73 Å². The Morgan fingerprint density at radius 2 is 2.06 bits per heavy atom. The second kappa shape index (κ2) is 5.59. The molecule has 0 aliphatic rings. The van der Waals surface area contributed by atoms with Crippen LogP contribution in [-0.2, 0) is 6.42 Å². The van der Waals surface area contributed by atoms with Gasteiger partial charge in [0.15, 0.2) is 0 Å². The second-order valence-electron chi connectivity index (χ2n) is 4.38. The summed E-state index contributed by atoms with van der Waals surface area (Å²) < 4.78 is 1.09. The first-order valence-electron chi connectivity index (χ1n) is 5.89. The van der Waals surface area contributed by atoms with Crippen LogP contribution in [0.2, 0.25) is 0 Å². The molecule has 4 heteroatoms. The molecule has 0 radical (unpaired) electrons. The Morgan fingerprint density at radius 1 is 1.33 bits per heavy atom. The molecule has 3 nitrogen and oxygen atoms in total. The molecule has 1 heterocycles. The van der Waals surface area contributed by atoms with Crippen LogP contribution >= 0.6 is 15.9 Å². The maximum absolute atomic E-state index is 5.85. The molecule has 0 aliphatic heterocycles. The minimum Gasteiger partial charge on any atom is -0.324 e. The summed E-state index contributed by atoms with van der Waals surface area (Å²) in [6.45, 7) is 3.92. The molecule has 0 saturated carbocycles.